The molecule has 0 atom stereocenters. The molecular weight excluding hydrogens is 290 g/mol. The molecule has 1 fully saturated rings. The predicted molar refractivity (Wildman–Crippen MR) is 90.0 cm³/mol. The number of hydrogen-bond acceptors (Lipinski definition) is 3. The first-order valence-electron chi connectivity index (χ1n) is 8.29. The van der Waals surface area contributed by atoms with E-state index in [1.54, 1.807) is 0 Å². The van der Waals surface area contributed by atoms with Crippen molar-refractivity contribution in [1.29, 1.82) is 0 Å². The molecule has 0 aliphatic carbocycles. The lowest BCUT2D eigenvalue weighted by Gasteiger charge is -2.62. The quantitative estimate of drug-likeness (QED) is 0.839. The molecule has 1 aromatic carbocycles. The Hall–Kier alpha value is -1.71. The van der Waals surface area contributed by atoms with Crippen LogP contribution in [0.3, 0.4) is 0 Å². The summed E-state index contributed by atoms with van der Waals surface area (Å²) in [6.07, 6.45) is 0. The van der Waals surface area contributed by atoms with Crippen LogP contribution in [0.15, 0.2) is 18.2 Å². The number of nitrogens with zero attached hydrogens (tertiary/aromatic N) is 1. The van der Waals surface area contributed by atoms with Gasteiger partial charge in [0.25, 0.3) is 0 Å². The SMILES string of the molecule is CC(C)(C(=O)N1CC(C)(C)C1(C)C)c1ccc2c(c1)OCCO2. The van der Waals surface area contributed by atoms with Crippen molar-refractivity contribution in [2.75, 3.05) is 19.8 Å². The zero-order valence-corrected chi connectivity index (χ0v) is 15.0. The van der Waals surface area contributed by atoms with Crippen LogP contribution in [0, 0.1) is 5.41 Å². The van der Waals surface area contributed by atoms with Gasteiger partial charge in [-0.05, 0) is 45.4 Å². The highest BCUT2D eigenvalue weighted by Crippen LogP contribution is 2.48. The van der Waals surface area contributed by atoms with Crippen molar-refractivity contribution in [3.63, 3.8) is 0 Å². The number of amides is 1. The van der Waals surface area contributed by atoms with Gasteiger partial charge in [-0.15, -0.1) is 0 Å². The summed E-state index contributed by atoms with van der Waals surface area (Å²) < 4.78 is 11.2. The summed E-state index contributed by atoms with van der Waals surface area (Å²) in [6.45, 7) is 14.6. The Kier molecular flexibility index (Phi) is 3.44. The normalized spacial score (nSPS) is 21.6. The molecule has 2 aliphatic heterocycles. The van der Waals surface area contributed by atoms with Gasteiger partial charge in [-0.1, -0.05) is 19.9 Å². The fourth-order valence-corrected chi connectivity index (χ4v) is 3.28. The smallest absolute Gasteiger partial charge is 0.233 e. The van der Waals surface area contributed by atoms with Gasteiger partial charge in [0.05, 0.1) is 5.41 Å². The van der Waals surface area contributed by atoms with Gasteiger partial charge in [0, 0.05) is 17.5 Å². The molecule has 1 aromatic rings. The van der Waals surface area contributed by atoms with Gasteiger partial charge < -0.3 is 14.4 Å². The third-order valence-electron chi connectivity index (χ3n) is 5.93. The Bertz CT molecular complexity index is 646. The minimum Gasteiger partial charge on any atom is -0.486 e. The van der Waals surface area contributed by atoms with E-state index >= 15 is 0 Å². The van der Waals surface area contributed by atoms with Crippen LogP contribution in [0.1, 0.15) is 47.1 Å². The summed E-state index contributed by atoms with van der Waals surface area (Å²) in [6, 6.07) is 5.83. The molecule has 0 N–H and O–H groups in total. The highest BCUT2D eigenvalue weighted by atomic mass is 16.6. The van der Waals surface area contributed by atoms with Gasteiger partial charge >= 0.3 is 0 Å². The van der Waals surface area contributed by atoms with Crippen molar-refractivity contribution in [2.24, 2.45) is 5.41 Å². The van der Waals surface area contributed by atoms with Crippen LogP contribution in [0.5, 0.6) is 11.5 Å². The van der Waals surface area contributed by atoms with Crippen LogP contribution in [-0.2, 0) is 10.2 Å². The summed E-state index contributed by atoms with van der Waals surface area (Å²) in [7, 11) is 0. The molecule has 23 heavy (non-hydrogen) atoms. The van der Waals surface area contributed by atoms with Gasteiger partial charge in [-0.25, -0.2) is 0 Å². The molecule has 0 aromatic heterocycles. The van der Waals surface area contributed by atoms with E-state index in [0.717, 1.165) is 23.6 Å². The molecule has 2 heterocycles. The molecule has 4 nitrogen and oxygen atoms in total. The molecule has 1 amide bonds. The number of hydrogen-bond donors (Lipinski definition) is 0. The first-order valence-corrected chi connectivity index (χ1v) is 8.29. The first kappa shape index (κ1) is 16.2. The maximum atomic E-state index is 13.2. The lowest BCUT2D eigenvalue weighted by Crippen LogP contribution is -2.72. The summed E-state index contributed by atoms with van der Waals surface area (Å²) in [5, 5.41) is 0. The monoisotopic (exact) mass is 317 g/mol. The van der Waals surface area contributed by atoms with Crippen molar-refractivity contribution in [2.45, 2.75) is 52.5 Å². The number of fused-ring (bicyclic) bond motifs is 1. The topological polar surface area (TPSA) is 38.8 Å². The van der Waals surface area contributed by atoms with E-state index in [2.05, 4.69) is 27.7 Å². The number of rotatable bonds is 2. The number of likely N-dealkylation sites (tertiary alicyclic amines) is 1. The van der Waals surface area contributed by atoms with Gasteiger partial charge in [0.1, 0.15) is 13.2 Å². The molecule has 126 valence electrons. The van der Waals surface area contributed by atoms with E-state index in [0.29, 0.717) is 13.2 Å². The second kappa shape index (κ2) is 4.89. The van der Waals surface area contributed by atoms with Gasteiger partial charge in [0.15, 0.2) is 11.5 Å². The van der Waals surface area contributed by atoms with Crippen molar-refractivity contribution < 1.29 is 14.3 Å². The number of benzene rings is 1. The molecule has 4 heteroatoms. The van der Waals surface area contributed by atoms with Gasteiger partial charge in [-0.3, -0.25) is 4.79 Å². The third-order valence-corrected chi connectivity index (χ3v) is 5.93. The van der Waals surface area contributed by atoms with Crippen molar-refractivity contribution >= 4 is 5.91 Å². The van der Waals surface area contributed by atoms with Crippen molar-refractivity contribution in [3.05, 3.63) is 23.8 Å². The van der Waals surface area contributed by atoms with E-state index in [1.165, 1.54) is 0 Å². The molecule has 0 unspecified atom stereocenters. The Balaban J connectivity index is 1.88. The van der Waals surface area contributed by atoms with Crippen LogP contribution in [-0.4, -0.2) is 36.1 Å². The minimum absolute atomic E-state index is 0.130. The maximum absolute atomic E-state index is 13.2. The molecule has 1 saturated heterocycles. The fraction of sp³-hybridized carbons (Fsp3) is 0.632. The average Bonchev–Trinajstić information content (AvgIpc) is 2.51. The van der Waals surface area contributed by atoms with Crippen LogP contribution in [0.2, 0.25) is 0 Å². The number of carbonyl (C=O) groups excluding carboxylic acids is 1. The molecule has 2 aliphatic rings. The second-order valence-electron chi connectivity index (χ2n) is 8.32. The maximum Gasteiger partial charge on any atom is 0.233 e. The number of ether oxygens (including phenoxy) is 2. The van der Waals surface area contributed by atoms with Crippen LogP contribution in [0.25, 0.3) is 0 Å². The summed E-state index contributed by atoms with van der Waals surface area (Å²) in [4.78, 5) is 15.2. The molecule has 0 radical (unpaired) electrons. The predicted octanol–water partition coefficient (Wildman–Crippen LogP) is 3.38. The average molecular weight is 317 g/mol. The van der Waals surface area contributed by atoms with E-state index < -0.39 is 5.41 Å². The largest absolute Gasteiger partial charge is 0.486 e. The second-order valence-corrected chi connectivity index (χ2v) is 8.32. The minimum atomic E-state index is -0.594. The Morgan fingerprint density at radius 1 is 1.09 bits per heavy atom. The summed E-state index contributed by atoms with van der Waals surface area (Å²) in [5.41, 5.74) is 0.386. The lowest BCUT2D eigenvalue weighted by atomic mass is 9.64. The van der Waals surface area contributed by atoms with Crippen LogP contribution in [0.4, 0.5) is 0 Å². The highest BCUT2D eigenvalue weighted by molar-refractivity contribution is 5.89. The van der Waals surface area contributed by atoms with Crippen LogP contribution >= 0.6 is 0 Å². The summed E-state index contributed by atoms with van der Waals surface area (Å²) in [5.74, 6) is 1.66. The van der Waals surface area contributed by atoms with E-state index in [9.17, 15) is 4.79 Å². The van der Waals surface area contributed by atoms with Crippen molar-refractivity contribution in [3.8, 4) is 11.5 Å². The molecule has 3 rings (SSSR count). The standard InChI is InChI=1S/C19H27NO3/c1-17(2)12-20(19(17,5)6)16(21)18(3,4)13-7-8-14-15(11-13)23-10-9-22-14/h7-8,11H,9-10,12H2,1-6H3. The fourth-order valence-electron chi connectivity index (χ4n) is 3.28. The Labute approximate surface area is 138 Å². The molecule has 0 spiro atoms. The number of carbonyl (C=O) groups is 1. The van der Waals surface area contributed by atoms with Gasteiger partial charge in [-0.2, -0.15) is 0 Å². The van der Waals surface area contributed by atoms with Crippen molar-refractivity contribution in [1.82, 2.24) is 4.90 Å². The highest BCUT2D eigenvalue weighted by Gasteiger charge is 2.56. The van der Waals surface area contributed by atoms with E-state index in [-0.39, 0.29) is 16.9 Å². The van der Waals surface area contributed by atoms with E-state index in [1.807, 2.05) is 36.9 Å². The first-order chi connectivity index (χ1) is 10.6. The Morgan fingerprint density at radius 3 is 2.26 bits per heavy atom. The zero-order valence-electron chi connectivity index (χ0n) is 15.0. The molecular formula is C19H27NO3. The van der Waals surface area contributed by atoms with E-state index in [4.69, 9.17) is 9.47 Å². The van der Waals surface area contributed by atoms with Gasteiger partial charge in [0.2, 0.25) is 5.91 Å². The molecule has 0 bridgehead atoms. The summed E-state index contributed by atoms with van der Waals surface area (Å²) >= 11 is 0. The zero-order chi connectivity index (χ0) is 17.0. The third kappa shape index (κ3) is 2.30. The lowest BCUT2D eigenvalue weighted by molar-refractivity contribution is -0.172. The Morgan fingerprint density at radius 2 is 1.70 bits per heavy atom. The van der Waals surface area contributed by atoms with Crippen LogP contribution < -0.4 is 9.47 Å². The molecule has 0 saturated carbocycles.